The first-order chi connectivity index (χ1) is 8.84. The quantitative estimate of drug-likeness (QED) is 0.740. The van der Waals surface area contributed by atoms with Gasteiger partial charge in [0.1, 0.15) is 0 Å². The van der Waals surface area contributed by atoms with Gasteiger partial charge in [0.05, 0.1) is 6.17 Å². The maximum atomic E-state index is 3.79. The molecule has 100 valence electrons. The van der Waals surface area contributed by atoms with Crippen molar-refractivity contribution in [1.82, 2.24) is 15.5 Å². The lowest BCUT2D eigenvalue weighted by Crippen LogP contribution is -2.48. The minimum absolute atomic E-state index is 0.435. The molecule has 0 aromatic heterocycles. The first-order valence-electron chi connectivity index (χ1n) is 7.47. The van der Waals surface area contributed by atoms with Gasteiger partial charge in [-0.3, -0.25) is 4.90 Å². The number of dihydropyridines is 1. The van der Waals surface area contributed by atoms with E-state index in [0.717, 1.165) is 19.5 Å². The summed E-state index contributed by atoms with van der Waals surface area (Å²) in [5.74, 6) is 0.611. The molecule has 0 bridgehead atoms. The standard InChI is InChI=1S/C15H25N3/c1-12-11-16-8-7-13-5-6-14(17-15(12)13)18-9-3-2-4-10-18/h5-6,12,14,16-17H,2-4,7-11H2,1H3/t12-,14?/m1/s1. The van der Waals surface area contributed by atoms with E-state index in [4.69, 9.17) is 0 Å². The summed E-state index contributed by atoms with van der Waals surface area (Å²) in [5, 5.41) is 7.31. The SMILES string of the molecule is C[C@@H]1CNCCC2=C1NC(N1CCCCC1)C=C2. The lowest BCUT2D eigenvalue weighted by atomic mass is 9.97. The van der Waals surface area contributed by atoms with Crippen LogP contribution in [0.2, 0.25) is 0 Å². The van der Waals surface area contributed by atoms with E-state index in [-0.39, 0.29) is 0 Å². The summed E-state index contributed by atoms with van der Waals surface area (Å²) in [7, 11) is 0. The van der Waals surface area contributed by atoms with E-state index in [2.05, 4.69) is 34.6 Å². The van der Waals surface area contributed by atoms with Crippen molar-refractivity contribution in [2.45, 2.75) is 38.8 Å². The van der Waals surface area contributed by atoms with Gasteiger partial charge in [0, 0.05) is 31.2 Å². The molecule has 3 aliphatic rings. The fourth-order valence-corrected chi connectivity index (χ4v) is 3.33. The third-order valence-electron chi connectivity index (χ3n) is 4.43. The van der Waals surface area contributed by atoms with Gasteiger partial charge in [0.25, 0.3) is 0 Å². The minimum Gasteiger partial charge on any atom is -0.369 e. The fourth-order valence-electron chi connectivity index (χ4n) is 3.33. The molecule has 0 radical (unpaired) electrons. The third kappa shape index (κ3) is 2.47. The summed E-state index contributed by atoms with van der Waals surface area (Å²) in [4.78, 5) is 2.59. The van der Waals surface area contributed by atoms with Crippen LogP contribution in [0.4, 0.5) is 0 Å². The first-order valence-corrected chi connectivity index (χ1v) is 7.47. The summed E-state index contributed by atoms with van der Waals surface area (Å²) in [6.07, 6.45) is 10.4. The Morgan fingerprint density at radius 1 is 1.22 bits per heavy atom. The predicted octanol–water partition coefficient (Wildman–Crippen LogP) is 1.84. The maximum Gasteiger partial charge on any atom is 0.0987 e. The molecular formula is C15H25N3. The summed E-state index contributed by atoms with van der Waals surface area (Å²) in [6.45, 7) is 7.04. The van der Waals surface area contributed by atoms with Crippen molar-refractivity contribution in [2.24, 2.45) is 5.92 Å². The molecule has 2 N–H and O–H groups in total. The molecule has 3 rings (SSSR count). The van der Waals surface area contributed by atoms with E-state index in [1.165, 1.54) is 43.6 Å². The monoisotopic (exact) mass is 247 g/mol. The molecule has 0 saturated carbocycles. The van der Waals surface area contributed by atoms with Crippen LogP contribution in [0.15, 0.2) is 23.4 Å². The fraction of sp³-hybridized carbons (Fsp3) is 0.733. The Balaban J connectivity index is 1.72. The van der Waals surface area contributed by atoms with E-state index in [1.54, 1.807) is 0 Å². The molecule has 1 fully saturated rings. The molecule has 18 heavy (non-hydrogen) atoms. The van der Waals surface area contributed by atoms with Crippen molar-refractivity contribution in [3.05, 3.63) is 23.4 Å². The Labute approximate surface area is 110 Å². The van der Waals surface area contributed by atoms with E-state index in [0.29, 0.717) is 12.1 Å². The molecule has 3 heterocycles. The number of hydrogen-bond donors (Lipinski definition) is 2. The molecule has 0 amide bonds. The van der Waals surface area contributed by atoms with E-state index >= 15 is 0 Å². The molecule has 0 spiro atoms. The van der Waals surface area contributed by atoms with Gasteiger partial charge < -0.3 is 10.6 Å². The zero-order valence-electron chi connectivity index (χ0n) is 11.4. The molecule has 3 nitrogen and oxygen atoms in total. The number of rotatable bonds is 1. The molecule has 0 aromatic carbocycles. The van der Waals surface area contributed by atoms with Gasteiger partial charge in [0.15, 0.2) is 0 Å². The first kappa shape index (κ1) is 12.2. The van der Waals surface area contributed by atoms with Gasteiger partial charge in [0.2, 0.25) is 0 Å². The van der Waals surface area contributed by atoms with Gasteiger partial charge in [-0.2, -0.15) is 0 Å². The number of piperidine rings is 1. The van der Waals surface area contributed by atoms with Crippen LogP contribution in [0, 0.1) is 5.92 Å². The summed E-state index contributed by atoms with van der Waals surface area (Å²) in [6, 6.07) is 0. The minimum atomic E-state index is 0.435. The maximum absolute atomic E-state index is 3.79. The van der Waals surface area contributed by atoms with Crippen molar-refractivity contribution >= 4 is 0 Å². The van der Waals surface area contributed by atoms with Crippen molar-refractivity contribution in [1.29, 1.82) is 0 Å². The Morgan fingerprint density at radius 3 is 2.89 bits per heavy atom. The lowest BCUT2D eigenvalue weighted by Gasteiger charge is -2.37. The van der Waals surface area contributed by atoms with Gasteiger partial charge >= 0.3 is 0 Å². The largest absolute Gasteiger partial charge is 0.369 e. The van der Waals surface area contributed by atoms with Crippen LogP contribution in [0.3, 0.4) is 0 Å². The molecular weight excluding hydrogens is 222 g/mol. The topological polar surface area (TPSA) is 27.3 Å². The van der Waals surface area contributed by atoms with Crippen LogP contribution in [-0.2, 0) is 0 Å². The van der Waals surface area contributed by atoms with Gasteiger partial charge in [-0.15, -0.1) is 0 Å². The van der Waals surface area contributed by atoms with Crippen LogP contribution in [-0.4, -0.2) is 37.2 Å². The zero-order chi connectivity index (χ0) is 12.4. The number of nitrogens with one attached hydrogen (secondary N) is 2. The summed E-state index contributed by atoms with van der Waals surface area (Å²) < 4.78 is 0. The number of allylic oxidation sites excluding steroid dienone is 1. The Hall–Kier alpha value is -0.800. The smallest absolute Gasteiger partial charge is 0.0987 e. The Kier molecular flexibility index (Phi) is 3.71. The third-order valence-corrected chi connectivity index (χ3v) is 4.43. The molecule has 3 heteroatoms. The van der Waals surface area contributed by atoms with Gasteiger partial charge in [-0.05, 0) is 37.5 Å². The normalized spacial score (nSPS) is 33.8. The van der Waals surface area contributed by atoms with Crippen LogP contribution in [0.25, 0.3) is 0 Å². The molecule has 1 unspecified atom stereocenters. The van der Waals surface area contributed by atoms with Crippen molar-refractivity contribution in [3.63, 3.8) is 0 Å². The molecule has 2 atom stereocenters. The highest BCUT2D eigenvalue weighted by Crippen LogP contribution is 2.25. The van der Waals surface area contributed by atoms with E-state index < -0.39 is 0 Å². The lowest BCUT2D eigenvalue weighted by molar-refractivity contribution is 0.170. The molecule has 1 saturated heterocycles. The second-order valence-corrected chi connectivity index (χ2v) is 5.84. The number of likely N-dealkylation sites (tertiary alicyclic amines) is 1. The summed E-state index contributed by atoms with van der Waals surface area (Å²) >= 11 is 0. The van der Waals surface area contributed by atoms with Crippen molar-refractivity contribution < 1.29 is 0 Å². The van der Waals surface area contributed by atoms with Crippen LogP contribution in [0.1, 0.15) is 32.6 Å². The molecule has 0 aromatic rings. The van der Waals surface area contributed by atoms with Gasteiger partial charge in [-0.1, -0.05) is 19.4 Å². The Bertz CT molecular complexity index is 353. The average molecular weight is 247 g/mol. The van der Waals surface area contributed by atoms with Crippen LogP contribution < -0.4 is 10.6 Å². The van der Waals surface area contributed by atoms with E-state index in [9.17, 15) is 0 Å². The average Bonchev–Trinajstić information content (AvgIpc) is 2.62. The molecule has 3 aliphatic heterocycles. The van der Waals surface area contributed by atoms with Crippen molar-refractivity contribution in [3.8, 4) is 0 Å². The van der Waals surface area contributed by atoms with Crippen LogP contribution in [0.5, 0.6) is 0 Å². The Morgan fingerprint density at radius 2 is 2.06 bits per heavy atom. The highest BCUT2D eigenvalue weighted by molar-refractivity contribution is 5.33. The predicted molar refractivity (Wildman–Crippen MR) is 75.2 cm³/mol. The second-order valence-electron chi connectivity index (χ2n) is 5.84. The van der Waals surface area contributed by atoms with Crippen molar-refractivity contribution in [2.75, 3.05) is 26.2 Å². The highest BCUT2D eigenvalue weighted by Gasteiger charge is 2.25. The van der Waals surface area contributed by atoms with Crippen LogP contribution >= 0.6 is 0 Å². The second kappa shape index (κ2) is 5.45. The highest BCUT2D eigenvalue weighted by atomic mass is 15.3. The van der Waals surface area contributed by atoms with Gasteiger partial charge in [-0.25, -0.2) is 0 Å². The number of hydrogen-bond acceptors (Lipinski definition) is 3. The van der Waals surface area contributed by atoms with E-state index in [1.807, 2.05) is 0 Å². The summed E-state index contributed by atoms with van der Waals surface area (Å²) in [5.41, 5.74) is 3.00. The molecule has 0 aliphatic carbocycles. The number of nitrogens with zero attached hydrogens (tertiary/aromatic N) is 1. The zero-order valence-corrected chi connectivity index (χ0v) is 11.4.